The largest absolute Gasteiger partial charge is 0.307 e. The van der Waals surface area contributed by atoms with E-state index >= 15 is 0 Å². The molecule has 0 aliphatic heterocycles. The van der Waals surface area contributed by atoms with Gasteiger partial charge in [-0.25, -0.2) is 4.98 Å². The summed E-state index contributed by atoms with van der Waals surface area (Å²) in [6, 6.07) is 0.716. The Morgan fingerprint density at radius 1 is 1.56 bits per heavy atom. The summed E-state index contributed by atoms with van der Waals surface area (Å²) in [6.45, 7) is 6.33. The van der Waals surface area contributed by atoms with Crippen molar-refractivity contribution in [3.05, 3.63) is 16.1 Å². The van der Waals surface area contributed by atoms with E-state index in [2.05, 4.69) is 24.1 Å². The zero-order chi connectivity index (χ0) is 12.1. The first-order valence-corrected chi connectivity index (χ1v) is 8.07. The quantitative estimate of drug-likeness (QED) is 0.853. The van der Waals surface area contributed by atoms with Gasteiger partial charge < -0.3 is 5.32 Å². The minimum absolute atomic E-state index is 0.327. The van der Waals surface area contributed by atoms with Crippen LogP contribution in [0.5, 0.6) is 0 Å². The monoisotopic (exact) mass is 260 g/mol. The lowest BCUT2D eigenvalue weighted by atomic mass is 10.2. The summed E-state index contributed by atoms with van der Waals surface area (Å²) in [7, 11) is -0.692. The molecule has 0 spiro atoms. The van der Waals surface area contributed by atoms with Gasteiger partial charge in [0.25, 0.3) is 0 Å². The lowest BCUT2D eigenvalue weighted by Gasteiger charge is -2.19. The first kappa shape index (κ1) is 13.8. The van der Waals surface area contributed by atoms with E-state index in [0.29, 0.717) is 12.1 Å². The van der Waals surface area contributed by atoms with E-state index in [1.807, 2.05) is 12.4 Å². The molecule has 1 N–H and O–H groups in total. The molecule has 0 saturated heterocycles. The van der Waals surface area contributed by atoms with E-state index in [-0.39, 0.29) is 0 Å². The van der Waals surface area contributed by atoms with Crippen molar-refractivity contribution in [3.8, 4) is 0 Å². The Labute approximate surface area is 104 Å². The van der Waals surface area contributed by atoms with Crippen LogP contribution in [0, 0.1) is 6.92 Å². The third-order valence-corrected chi connectivity index (χ3v) is 4.47. The minimum Gasteiger partial charge on any atom is -0.307 e. The summed E-state index contributed by atoms with van der Waals surface area (Å²) in [5.41, 5.74) is 2.99. The molecule has 3 nitrogen and oxygen atoms in total. The normalized spacial score (nSPS) is 17.0. The van der Waals surface area contributed by atoms with Gasteiger partial charge in [-0.2, -0.15) is 0 Å². The van der Waals surface area contributed by atoms with Crippen LogP contribution in [0.3, 0.4) is 0 Å². The number of aryl methyl sites for hydroxylation is 1. The van der Waals surface area contributed by atoms with Crippen LogP contribution in [0.2, 0.25) is 0 Å². The van der Waals surface area contributed by atoms with Gasteiger partial charge in [0.1, 0.15) is 0 Å². The van der Waals surface area contributed by atoms with E-state index < -0.39 is 10.8 Å². The van der Waals surface area contributed by atoms with Gasteiger partial charge in [-0.05, 0) is 27.2 Å². The van der Waals surface area contributed by atoms with Crippen LogP contribution in [-0.4, -0.2) is 27.2 Å². The Bertz CT molecular complexity index is 352. The number of hydrogen-bond donors (Lipinski definition) is 1. The van der Waals surface area contributed by atoms with Gasteiger partial charge in [0.2, 0.25) is 0 Å². The van der Waals surface area contributed by atoms with Crippen molar-refractivity contribution >= 4 is 22.1 Å². The lowest BCUT2D eigenvalue weighted by molar-refractivity contribution is 0.473. The Morgan fingerprint density at radius 3 is 2.75 bits per heavy atom. The second kappa shape index (κ2) is 6.47. The number of aromatic nitrogens is 1. The van der Waals surface area contributed by atoms with Gasteiger partial charge in [-0.1, -0.05) is 0 Å². The van der Waals surface area contributed by atoms with Crippen LogP contribution in [0.1, 0.15) is 36.9 Å². The summed E-state index contributed by atoms with van der Waals surface area (Å²) < 4.78 is 11.0. The van der Waals surface area contributed by atoms with Crippen molar-refractivity contribution in [2.75, 3.05) is 12.0 Å². The van der Waals surface area contributed by atoms with Crippen molar-refractivity contribution in [1.29, 1.82) is 0 Å². The Kier molecular flexibility index (Phi) is 5.58. The highest BCUT2D eigenvalue weighted by molar-refractivity contribution is 7.84. The molecule has 3 atom stereocenters. The molecule has 16 heavy (non-hydrogen) atoms. The number of rotatable bonds is 6. The molecule has 0 aliphatic carbocycles. The average molecular weight is 260 g/mol. The topological polar surface area (TPSA) is 42.0 Å². The maximum absolute atomic E-state index is 11.0. The Hall–Kier alpha value is -0.260. The fourth-order valence-corrected chi connectivity index (χ4v) is 3.16. The van der Waals surface area contributed by atoms with Gasteiger partial charge in [0.15, 0.2) is 0 Å². The Balaban J connectivity index is 2.42. The fourth-order valence-electron chi connectivity index (χ4n) is 1.66. The second-order valence-corrected chi connectivity index (χ2v) is 6.60. The van der Waals surface area contributed by atoms with Crippen LogP contribution < -0.4 is 5.32 Å². The number of nitrogens with one attached hydrogen (secondary N) is 1. The van der Waals surface area contributed by atoms with Gasteiger partial charge in [0.05, 0.1) is 11.2 Å². The van der Waals surface area contributed by atoms with Crippen LogP contribution >= 0.6 is 11.3 Å². The van der Waals surface area contributed by atoms with Gasteiger partial charge in [0, 0.05) is 39.8 Å². The summed E-state index contributed by atoms with van der Waals surface area (Å²) >= 11 is 1.69. The Morgan fingerprint density at radius 2 is 2.25 bits per heavy atom. The van der Waals surface area contributed by atoms with E-state index in [9.17, 15) is 4.21 Å². The summed E-state index contributed by atoms with van der Waals surface area (Å²) in [4.78, 5) is 5.54. The van der Waals surface area contributed by atoms with Crippen LogP contribution in [0.25, 0.3) is 0 Å². The zero-order valence-electron chi connectivity index (χ0n) is 10.3. The predicted octanol–water partition coefficient (Wildman–Crippen LogP) is 2.26. The molecule has 0 aromatic carbocycles. The highest BCUT2D eigenvalue weighted by Gasteiger charge is 2.13. The second-order valence-electron chi connectivity index (χ2n) is 4.16. The molecule has 5 heteroatoms. The molecule has 0 radical (unpaired) electrons. The molecule has 92 valence electrons. The van der Waals surface area contributed by atoms with Gasteiger partial charge in [-0.3, -0.25) is 4.21 Å². The standard InChI is InChI=1S/C11H20N2OS2/c1-8(5-6-16(4)14)13-10(3)11-9(2)12-7-15-11/h7-8,10,13H,5-6H2,1-4H3. The fraction of sp³-hybridized carbons (Fsp3) is 0.727. The summed E-state index contributed by atoms with van der Waals surface area (Å²) in [6.07, 6.45) is 2.70. The van der Waals surface area contributed by atoms with Gasteiger partial charge in [-0.15, -0.1) is 11.3 Å². The highest BCUT2D eigenvalue weighted by Crippen LogP contribution is 2.21. The minimum atomic E-state index is -0.692. The lowest BCUT2D eigenvalue weighted by Crippen LogP contribution is -2.30. The molecule has 3 unspecified atom stereocenters. The maximum atomic E-state index is 11.0. The van der Waals surface area contributed by atoms with Crippen molar-refractivity contribution in [2.45, 2.75) is 39.3 Å². The highest BCUT2D eigenvalue weighted by atomic mass is 32.2. The van der Waals surface area contributed by atoms with E-state index in [4.69, 9.17) is 0 Å². The smallest absolute Gasteiger partial charge is 0.0798 e. The van der Waals surface area contributed by atoms with Crippen LogP contribution in [-0.2, 0) is 10.8 Å². The summed E-state index contributed by atoms with van der Waals surface area (Å²) in [5, 5.41) is 3.51. The van der Waals surface area contributed by atoms with Crippen LogP contribution in [0.15, 0.2) is 5.51 Å². The van der Waals surface area contributed by atoms with E-state index in [1.165, 1.54) is 4.88 Å². The molecule has 0 bridgehead atoms. The zero-order valence-corrected chi connectivity index (χ0v) is 12.0. The van der Waals surface area contributed by atoms with E-state index in [1.54, 1.807) is 17.6 Å². The molecule has 0 fully saturated rings. The molecule has 1 heterocycles. The first-order chi connectivity index (χ1) is 7.50. The first-order valence-electron chi connectivity index (χ1n) is 5.46. The van der Waals surface area contributed by atoms with Crippen molar-refractivity contribution in [2.24, 2.45) is 0 Å². The third kappa shape index (κ3) is 4.31. The van der Waals surface area contributed by atoms with Crippen molar-refractivity contribution < 1.29 is 4.21 Å². The molecule has 0 aliphatic rings. The molecule has 0 amide bonds. The van der Waals surface area contributed by atoms with Crippen molar-refractivity contribution in [3.63, 3.8) is 0 Å². The van der Waals surface area contributed by atoms with Gasteiger partial charge >= 0.3 is 0 Å². The number of thiazole rings is 1. The molecule has 1 aromatic rings. The molecule has 1 aromatic heterocycles. The number of nitrogens with zero attached hydrogens (tertiary/aromatic N) is 1. The molecule has 0 saturated carbocycles. The maximum Gasteiger partial charge on any atom is 0.0798 e. The SMILES string of the molecule is Cc1ncsc1C(C)NC(C)CCS(C)=O. The molecule has 1 rings (SSSR count). The van der Waals surface area contributed by atoms with E-state index in [0.717, 1.165) is 17.9 Å². The molecular formula is C11H20N2OS2. The molecular weight excluding hydrogens is 240 g/mol. The summed E-state index contributed by atoms with van der Waals surface area (Å²) in [5.74, 6) is 0.766. The average Bonchev–Trinajstić information content (AvgIpc) is 2.61. The number of hydrogen-bond acceptors (Lipinski definition) is 4. The predicted molar refractivity (Wildman–Crippen MR) is 71.4 cm³/mol. The third-order valence-electron chi connectivity index (χ3n) is 2.55. The van der Waals surface area contributed by atoms with Crippen LogP contribution in [0.4, 0.5) is 0 Å². The van der Waals surface area contributed by atoms with Crippen molar-refractivity contribution in [1.82, 2.24) is 10.3 Å².